The molecule has 0 bridgehead atoms. The maximum absolute atomic E-state index is 12.2. The number of rotatable bonds is 2. The number of halogens is 1. The van der Waals surface area contributed by atoms with Crippen molar-refractivity contribution in [3.05, 3.63) is 27.8 Å². The van der Waals surface area contributed by atoms with E-state index in [1.807, 2.05) is 25.7 Å². The fourth-order valence-corrected chi connectivity index (χ4v) is 2.89. The number of nitrogens with one attached hydrogen (secondary N) is 1. The van der Waals surface area contributed by atoms with Gasteiger partial charge in [0.1, 0.15) is 5.60 Å². The van der Waals surface area contributed by atoms with E-state index in [1.54, 1.807) is 0 Å². The molecule has 4 nitrogen and oxygen atoms in total. The highest BCUT2D eigenvalue weighted by Crippen LogP contribution is 2.19. The van der Waals surface area contributed by atoms with E-state index >= 15 is 0 Å². The van der Waals surface area contributed by atoms with Crippen molar-refractivity contribution >= 4 is 34.4 Å². The fraction of sp³-hybridized carbons (Fsp3) is 0.588. The zero-order chi connectivity index (χ0) is 16.2. The molecule has 1 atom stereocenters. The minimum atomic E-state index is -0.428. The quantitative estimate of drug-likeness (QED) is 0.723. The molecule has 2 rings (SSSR count). The first-order valence-electron chi connectivity index (χ1n) is 7.83. The predicted octanol–water partition coefficient (Wildman–Crippen LogP) is 4.49. The molecule has 1 aromatic rings. The lowest BCUT2D eigenvalue weighted by Gasteiger charge is -2.26. The van der Waals surface area contributed by atoms with Gasteiger partial charge in [-0.15, -0.1) is 0 Å². The SMILES string of the molecule is CC(C)(C)OC(=O)N1CCCC(Nc2ccc(I)cc2)CC1. The number of amides is 1. The standard InChI is InChI=1S/C17H25IN2O2/c1-17(2,3)22-16(21)20-11-4-5-14(10-12-20)19-15-8-6-13(18)7-9-15/h6-9,14,19H,4-5,10-12H2,1-3H3. The summed E-state index contributed by atoms with van der Waals surface area (Å²) in [6.45, 7) is 7.24. The van der Waals surface area contributed by atoms with Gasteiger partial charge in [0.2, 0.25) is 0 Å². The van der Waals surface area contributed by atoms with Crippen molar-refractivity contribution in [1.29, 1.82) is 0 Å². The van der Waals surface area contributed by atoms with Crippen LogP contribution in [0.5, 0.6) is 0 Å². The van der Waals surface area contributed by atoms with Crippen molar-refractivity contribution in [3.63, 3.8) is 0 Å². The normalized spacial score (nSPS) is 19.5. The van der Waals surface area contributed by atoms with Gasteiger partial charge < -0.3 is 15.0 Å². The number of carbonyl (C=O) groups is 1. The van der Waals surface area contributed by atoms with Gasteiger partial charge >= 0.3 is 6.09 Å². The molecule has 1 aromatic carbocycles. The Morgan fingerprint density at radius 2 is 1.91 bits per heavy atom. The lowest BCUT2D eigenvalue weighted by Crippen LogP contribution is -2.37. The second-order valence-electron chi connectivity index (χ2n) is 6.75. The van der Waals surface area contributed by atoms with Gasteiger partial charge in [-0.2, -0.15) is 0 Å². The second-order valence-corrected chi connectivity index (χ2v) is 7.99. The molecular formula is C17H25IN2O2. The summed E-state index contributed by atoms with van der Waals surface area (Å²) in [6, 6.07) is 8.84. The molecule has 1 unspecified atom stereocenters. The number of anilines is 1. The number of hydrogen-bond acceptors (Lipinski definition) is 3. The number of likely N-dealkylation sites (tertiary alicyclic amines) is 1. The van der Waals surface area contributed by atoms with E-state index in [0.717, 1.165) is 38.0 Å². The molecule has 1 heterocycles. The maximum Gasteiger partial charge on any atom is 0.410 e. The Morgan fingerprint density at radius 3 is 2.55 bits per heavy atom. The molecule has 0 radical (unpaired) electrons. The monoisotopic (exact) mass is 416 g/mol. The average Bonchev–Trinajstić information content (AvgIpc) is 2.65. The minimum Gasteiger partial charge on any atom is -0.444 e. The van der Waals surface area contributed by atoms with Crippen molar-refractivity contribution in [2.24, 2.45) is 0 Å². The van der Waals surface area contributed by atoms with Crippen LogP contribution in [-0.2, 0) is 4.74 Å². The molecule has 22 heavy (non-hydrogen) atoms. The van der Waals surface area contributed by atoms with Crippen LogP contribution in [-0.4, -0.2) is 35.7 Å². The first-order valence-corrected chi connectivity index (χ1v) is 8.91. The molecule has 1 amide bonds. The summed E-state index contributed by atoms with van der Waals surface area (Å²) in [5.74, 6) is 0. The molecule has 1 N–H and O–H groups in total. The summed E-state index contributed by atoms with van der Waals surface area (Å²) in [5, 5.41) is 3.57. The Morgan fingerprint density at radius 1 is 1.23 bits per heavy atom. The first-order chi connectivity index (χ1) is 10.3. The van der Waals surface area contributed by atoms with Gasteiger partial charge in [-0.25, -0.2) is 4.79 Å². The molecule has 5 heteroatoms. The Labute approximate surface area is 146 Å². The molecule has 0 aromatic heterocycles. The van der Waals surface area contributed by atoms with Crippen LogP contribution in [0.25, 0.3) is 0 Å². The molecule has 1 fully saturated rings. The summed E-state index contributed by atoms with van der Waals surface area (Å²) in [7, 11) is 0. The van der Waals surface area contributed by atoms with Crippen LogP contribution in [0.3, 0.4) is 0 Å². The Bertz CT molecular complexity index is 496. The van der Waals surface area contributed by atoms with Crippen LogP contribution in [0.15, 0.2) is 24.3 Å². The summed E-state index contributed by atoms with van der Waals surface area (Å²) < 4.78 is 6.70. The summed E-state index contributed by atoms with van der Waals surface area (Å²) in [4.78, 5) is 14.0. The molecule has 0 aliphatic carbocycles. The smallest absolute Gasteiger partial charge is 0.410 e. The van der Waals surface area contributed by atoms with Gasteiger partial charge in [0.15, 0.2) is 0 Å². The molecule has 0 spiro atoms. The van der Waals surface area contributed by atoms with Crippen molar-refractivity contribution in [1.82, 2.24) is 4.90 Å². The third-order valence-corrected chi connectivity index (χ3v) is 4.31. The third kappa shape index (κ3) is 5.66. The number of ether oxygens (including phenoxy) is 1. The van der Waals surface area contributed by atoms with Gasteiger partial charge in [-0.3, -0.25) is 0 Å². The van der Waals surface area contributed by atoms with Gasteiger partial charge in [0, 0.05) is 28.4 Å². The van der Waals surface area contributed by atoms with E-state index in [9.17, 15) is 4.79 Å². The van der Waals surface area contributed by atoms with Crippen LogP contribution in [0, 0.1) is 3.57 Å². The van der Waals surface area contributed by atoms with Crippen molar-refractivity contribution in [2.75, 3.05) is 18.4 Å². The van der Waals surface area contributed by atoms with E-state index in [2.05, 4.69) is 52.2 Å². The van der Waals surface area contributed by atoms with Crippen LogP contribution >= 0.6 is 22.6 Å². The Balaban J connectivity index is 1.87. The van der Waals surface area contributed by atoms with Crippen molar-refractivity contribution in [3.8, 4) is 0 Å². The minimum absolute atomic E-state index is 0.192. The average molecular weight is 416 g/mol. The molecule has 0 saturated carbocycles. The topological polar surface area (TPSA) is 41.6 Å². The van der Waals surface area contributed by atoms with E-state index < -0.39 is 5.60 Å². The van der Waals surface area contributed by atoms with Gasteiger partial charge in [0.25, 0.3) is 0 Å². The van der Waals surface area contributed by atoms with Gasteiger partial charge in [-0.05, 0) is 86.9 Å². The summed E-state index contributed by atoms with van der Waals surface area (Å²) in [6.07, 6.45) is 2.83. The fourth-order valence-electron chi connectivity index (χ4n) is 2.53. The van der Waals surface area contributed by atoms with Crippen LogP contribution in [0.2, 0.25) is 0 Å². The molecular weight excluding hydrogens is 391 g/mol. The van der Waals surface area contributed by atoms with Gasteiger partial charge in [0.05, 0.1) is 0 Å². The zero-order valence-corrected chi connectivity index (χ0v) is 15.7. The molecule has 1 saturated heterocycles. The summed E-state index contributed by atoms with van der Waals surface area (Å²) >= 11 is 2.31. The zero-order valence-electron chi connectivity index (χ0n) is 13.6. The van der Waals surface area contributed by atoms with E-state index in [0.29, 0.717) is 6.04 Å². The highest BCUT2D eigenvalue weighted by molar-refractivity contribution is 14.1. The van der Waals surface area contributed by atoms with E-state index in [1.165, 1.54) is 3.57 Å². The van der Waals surface area contributed by atoms with Crippen LogP contribution in [0.4, 0.5) is 10.5 Å². The molecule has 1 aliphatic heterocycles. The number of hydrogen-bond donors (Lipinski definition) is 1. The third-order valence-electron chi connectivity index (χ3n) is 3.59. The lowest BCUT2D eigenvalue weighted by atomic mass is 10.1. The van der Waals surface area contributed by atoms with Crippen molar-refractivity contribution < 1.29 is 9.53 Å². The molecule has 1 aliphatic rings. The van der Waals surface area contributed by atoms with Gasteiger partial charge in [-0.1, -0.05) is 0 Å². The van der Waals surface area contributed by atoms with Crippen molar-refractivity contribution in [2.45, 2.75) is 51.7 Å². The highest BCUT2D eigenvalue weighted by atomic mass is 127. The summed E-state index contributed by atoms with van der Waals surface area (Å²) in [5.41, 5.74) is 0.721. The second kappa shape index (κ2) is 7.53. The van der Waals surface area contributed by atoms with Crippen LogP contribution in [0.1, 0.15) is 40.0 Å². The number of benzene rings is 1. The Kier molecular flexibility index (Phi) is 5.94. The maximum atomic E-state index is 12.2. The van der Waals surface area contributed by atoms with Crippen LogP contribution < -0.4 is 5.32 Å². The largest absolute Gasteiger partial charge is 0.444 e. The lowest BCUT2D eigenvalue weighted by molar-refractivity contribution is 0.0256. The van der Waals surface area contributed by atoms with E-state index in [4.69, 9.17) is 4.74 Å². The predicted molar refractivity (Wildman–Crippen MR) is 98.2 cm³/mol. The molecule has 122 valence electrons. The number of nitrogens with zero attached hydrogens (tertiary/aromatic N) is 1. The van der Waals surface area contributed by atoms with E-state index in [-0.39, 0.29) is 6.09 Å². The highest BCUT2D eigenvalue weighted by Gasteiger charge is 2.25. The Hall–Kier alpha value is -0.980. The number of carbonyl (C=O) groups excluding carboxylic acids is 1. The first kappa shape index (κ1) is 17.4.